The van der Waals surface area contributed by atoms with Gasteiger partial charge in [-0.3, -0.25) is 14.2 Å². The highest BCUT2D eigenvalue weighted by Crippen LogP contribution is 2.25. The van der Waals surface area contributed by atoms with Crippen molar-refractivity contribution < 1.29 is 4.79 Å². The van der Waals surface area contributed by atoms with Crippen molar-refractivity contribution in [3.63, 3.8) is 0 Å². The van der Waals surface area contributed by atoms with Crippen LogP contribution in [0.25, 0.3) is 10.9 Å². The summed E-state index contributed by atoms with van der Waals surface area (Å²) in [6, 6.07) is 23.3. The normalized spacial score (nSPS) is 11.2. The maximum atomic E-state index is 13.5. The van der Waals surface area contributed by atoms with Gasteiger partial charge in [-0.2, -0.15) is 0 Å². The van der Waals surface area contributed by atoms with Gasteiger partial charge in [0.25, 0.3) is 11.5 Å². The van der Waals surface area contributed by atoms with Crippen LogP contribution in [-0.4, -0.2) is 21.5 Å². The van der Waals surface area contributed by atoms with Gasteiger partial charge in [-0.25, -0.2) is 4.98 Å². The third-order valence-electron chi connectivity index (χ3n) is 5.40. The molecule has 0 saturated carbocycles. The number of nitrogens with one attached hydrogen (secondary N) is 1. The van der Waals surface area contributed by atoms with E-state index in [-0.39, 0.29) is 17.5 Å². The Morgan fingerprint density at radius 3 is 2.48 bits per heavy atom. The van der Waals surface area contributed by atoms with Crippen LogP contribution in [0.3, 0.4) is 0 Å². The van der Waals surface area contributed by atoms with Gasteiger partial charge in [0.1, 0.15) is 0 Å². The Labute approximate surface area is 197 Å². The molecule has 33 heavy (non-hydrogen) atoms. The van der Waals surface area contributed by atoms with Gasteiger partial charge in [0, 0.05) is 17.4 Å². The van der Waals surface area contributed by atoms with E-state index in [0.29, 0.717) is 33.9 Å². The molecule has 0 aliphatic heterocycles. The Morgan fingerprint density at radius 2 is 1.76 bits per heavy atom. The summed E-state index contributed by atoms with van der Waals surface area (Å²) < 4.78 is 1.73. The van der Waals surface area contributed by atoms with Crippen molar-refractivity contribution in [2.24, 2.45) is 0 Å². The molecule has 1 heterocycles. The van der Waals surface area contributed by atoms with E-state index in [1.807, 2.05) is 56.3 Å². The average molecular weight is 458 g/mol. The highest BCUT2D eigenvalue weighted by Gasteiger charge is 2.15. The van der Waals surface area contributed by atoms with E-state index >= 15 is 0 Å². The van der Waals surface area contributed by atoms with E-state index in [1.54, 1.807) is 22.8 Å². The Bertz CT molecular complexity index is 1350. The molecule has 0 fully saturated rings. The molecule has 0 bridgehead atoms. The molecule has 4 aromatic rings. The number of carbonyl (C=O) groups excluding carboxylic acids is 1. The van der Waals surface area contributed by atoms with E-state index in [1.165, 1.54) is 22.9 Å². The number of benzene rings is 3. The molecular weight excluding hydrogens is 430 g/mol. The van der Waals surface area contributed by atoms with Crippen molar-refractivity contribution in [2.45, 2.75) is 44.3 Å². The predicted molar refractivity (Wildman–Crippen MR) is 135 cm³/mol. The number of amides is 1. The predicted octanol–water partition coefficient (Wildman–Crippen LogP) is 5.18. The summed E-state index contributed by atoms with van der Waals surface area (Å²) in [4.78, 5) is 30.8. The van der Waals surface area contributed by atoms with Gasteiger partial charge >= 0.3 is 0 Å². The van der Waals surface area contributed by atoms with Crippen LogP contribution in [0.15, 0.2) is 82.7 Å². The van der Waals surface area contributed by atoms with Crippen molar-refractivity contribution in [1.29, 1.82) is 0 Å². The molecule has 0 spiro atoms. The van der Waals surface area contributed by atoms with Crippen LogP contribution in [0.5, 0.6) is 0 Å². The van der Waals surface area contributed by atoms with Gasteiger partial charge in [0.05, 0.1) is 17.4 Å². The average Bonchev–Trinajstić information content (AvgIpc) is 2.80. The first-order valence-corrected chi connectivity index (χ1v) is 12.0. The lowest BCUT2D eigenvalue weighted by Gasteiger charge is -2.15. The van der Waals surface area contributed by atoms with Crippen LogP contribution in [0.4, 0.5) is 0 Å². The zero-order chi connectivity index (χ0) is 23.4. The molecule has 0 radical (unpaired) electrons. The molecule has 0 aliphatic rings. The summed E-state index contributed by atoms with van der Waals surface area (Å²) in [5.41, 5.74) is 4.37. The van der Waals surface area contributed by atoms with E-state index in [4.69, 9.17) is 4.98 Å². The molecule has 0 atom stereocenters. The molecule has 5 nitrogen and oxygen atoms in total. The largest absolute Gasteiger partial charge is 0.350 e. The molecule has 1 N–H and O–H groups in total. The van der Waals surface area contributed by atoms with Crippen molar-refractivity contribution in [2.75, 3.05) is 0 Å². The van der Waals surface area contributed by atoms with Gasteiger partial charge in [0.15, 0.2) is 5.16 Å². The minimum absolute atomic E-state index is 0.0280. The van der Waals surface area contributed by atoms with Crippen molar-refractivity contribution in [1.82, 2.24) is 14.9 Å². The fourth-order valence-electron chi connectivity index (χ4n) is 3.62. The van der Waals surface area contributed by atoms with Crippen LogP contribution in [-0.2, 0) is 12.3 Å². The fourth-order valence-corrected chi connectivity index (χ4v) is 4.69. The molecule has 0 aliphatic carbocycles. The third kappa shape index (κ3) is 5.34. The van der Waals surface area contributed by atoms with Crippen molar-refractivity contribution in [3.05, 3.63) is 105 Å². The first-order valence-electron chi connectivity index (χ1n) is 11.0. The molecule has 6 heteroatoms. The Hall–Kier alpha value is -3.38. The van der Waals surface area contributed by atoms with Crippen LogP contribution in [0.1, 0.15) is 40.9 Å². The lowest BCUT2D eigenvalue weighted by atomic mass is 10.1. The first kappa shape index (κ1) is 22.8. The Balaban J connectivity index is 1.77. The number of carbonyl (C=O) groups is 1. The smallest absolute Gasteiger partial charge is 0.262 e. The lowest BCUT2D eigenvalue weighted by Crippen LogP contribution is -2.30. The maximum absolute atomic E-state index is 13.5. The van der Waals surface area contributed by atoms with E-state index in [9.17, 15) is 9.59 Å². The number of fused-ring (bicyclic) bond motifs is 1. The van der Waals surface area contributed by atoms with Gasteiger partial charge in [0.2, 0.25) is 0 Å². The SMILES string of the molecule is Cc1ccccc1CSc1nc2cc(C(=O)NC(C)C)ccc2c(=O)n1Cc1ccccc1. The fraction of sp³-hybridized carbons (Fsp3) is 0.222. The second kappa shape index (κ2) is 10.0. The highest BCUT2D eigenvalue weighted by atomic mass is 32.2. The van der Waals surface area contributed by atoms with Crippen molar-refractivity contribution >= 4 is 28.6 Å². The zero-order valence-corrected chi connectivity index (χ0v) is 19.9. The van der Waals surface area contributed by atoms with Gasteiger partial charge in [-0.05, 0) is 55.7 Å². The molecule has 1 aromatic heterocycles. The maximum Gasteiger partial charge on any atom is 0.262 e. The Kier molecular flexibility index (Phi) is 6.94. The molecule has 0 unspecified atom stereocenters. The van der Waals surface area contributed by atoms with Gasteiger partial charge in [-0.15, -0.1) is 0 Å². The summed E-state index contributed by atoms with van der Waals surface area (Å²) in [5, 5.41) is 4.04. The van der Waals surface area contributed by atoms with Gasteiger partial charge in [-0.1, -0.05) is 66.4 Å². The third-order valence-corrected chi connectivity index (χ3v) is 6.43. The van der Waals surface area contributed by atoms with Crippen LogP contribution >= 0.6 is 11.8 Å². The van der Waals surface area contributed by atoms with Crippen LogP contribution in [0, 0.1) is 6.92 Å². The first-order chi connectivity index (χ1) is 15.9. The molecular formula is C27H27N3O2S. The Morgan fingerprint density at radius 1 is 1.03 bits per heavy atom. The molecule has 168 valence electrons. The summed E-state index contributed by atoms with van der Waals surface area (Å²) in [6.45, 7) is 6.36. The molecule has 1 amide bonds. The minimum Gasteiger partial charge on any atom is -0.350 e. The van der Waals surface area contributed by atoms with E-state index < -0.39 is 0 Å². The number of hydrogen-bond acceptors (Lipinski definition) is 4. The van der Waals surface area contributed by atoms with Crippen molar-refractivity contribution in [3.8, 4) is 0 Å². The monoisotopic (exact) mass is 457 g/mol. The van der Waals surface area contributed by atoms with E-state index in [0.717, 1.165) is 5.56 Å². The summed E-state index contributed by atoms with van der Waals surface area (Å²) in [6.07, 6.45) is 0. The second-order valence-corrected chi connectivity index (χ2v) is 9.29. The number of hydrogen-bond donors (Lipinski definition) is 1. The summed E-state index contributed by atoms with van der Waals surface area (Å²) >= 11 is 1.54. The quantitative estimate of drug-likeness (QED) is 0.307. The summed E-state index contributed by atoms with van der Waals surface area (Å²) in [5.74, 6) is 0.531. The lowest BCUT2D eigenvalue weighted by molar-refractivity contribution is 0.0943. The van der Waals surface area contributed by atoms with Crippen LogP contribution in [0.2, 0.25) is 0 Å². The topological polar surface area (TPSA) is 64.0 Å². The summed E-state index contributed by atoms with van der Waals surface area (Å²) in [7, 11) is 0. The molecule has 3 aromatic carbocycles. The number of rotatable bonds is 7. The molecule has 0 saturated heterocycles. The molecule has 4 rings (SSSR count). The number of aryl methyl sites for hydroxylation is 1. The standard InChI is InChI=1S/C27H27N3O2S/c1-18(2)28-25(31)21-13-14-23-24(15-21)29-27(33-17-22-12-8-7-9-19(22)3)30(26(23)32)16-20-10-5-4-6-11-20/h4-15,18H,16-17H2,1-3H3,(H,28,31). The highest BCUT2D eigenvalue weighted by molar-refractivity contribution is 7.98. The number of nitrogens with zero attached hydrogens (tertiary/aromatic N) is 2. The zero-order valence-electron chi connectivity index (χ0n) is 19.0. The minimum atomic E-state index is -0.170. The van der Waals surface area contributed by atoms with Crippen LogP contribution < -0.4 is 10.9 Å². The second-order valence-electron chi connectivity index (χ2n) is 8.35. The van der Waals surface area contributed by atoms with E-state index in [2.05, 4.69) is 24.4 Å². The number of thioether (sulfide) groups is 1. The number of aromatic nitrogens is 2. The van der Waals surface area contributed by atoms with Gasteiger partial charge < -0.3 is 5.32 Å².